The van der Waals surface area contributed by atoms with Crippen LogP contribution >= 0.6 is 12.2 Å². The molecule has 0 spiro atoms. The average molecular weight is 407 g/mol. The number of aromatic nitrogens is 2. The minimum absolute atomic E-state index is 0.00372. The third-order valence-electron chi connectivity index (χ3n) is 5.56. The molecule has 5 nitrogen and oxygen atoms in total. The highest BCUT2D eigenvalue weighted by Crippen LogP contribution is 2.41. The summed E-state index contributed by atoms with van der Waals surface area (Å²) >= 11 is 5.70. The molecule has 29 heavy (non-hydrogen) atoms. The maximum Gasteiger partial charge on any atom is 0.170 e. The maximum atomic E-state index is 9.66. The van der Waals surface area contributed by atoms with E-state index < -0.39 is 0 Å². The summed E-state index contributed by atoms with van der Waals surface area (Å²) in [5.41, 5.74) is 5.60. The summed E-state index contributed by atoms with van der Waals surface area (Å²) in [6, 6.07) is 15.7. The van der Waals surface area contributed by atoms with Crippen LogP contribution in [0.5, 0.6) is 5.75 Å². The third kappa shape index (κ3) is 3.49. The van der Waals surface area contributed by atoms with E-state index >= 15 is 0 Å². The molecule has 1 aliphatic rings. The molecule has 150 valence electrons. The Kier molecular flexibility index (Phi) is 5.28. The van der Waals surface area contributed by atoms with Crippen molar-refractivity contribution in [3.63, 3.8) is 0 Å². The Morgan fingerprint density at radius 2 is 1.90 bits per heavy atom. The number of nitrogens with one attached hydrogen (secondary N) is 1. The molecule has 0 radical (unpaired) electrons. The smallest absolute Gasteiger partial charge is 0.170 e. The topological polar surface area (TPSA) is 53.3 Å². The van der Waals surface area contributed by atoms with Crippen molar-refractivity contribution in [1.82, 2.24) is 19.8 Å². The summed E-state index contributed by atoms with van der Waals surface area (Å²) in [6.07, 6.45) is 2.85. The summed E-state index contributed by atoms with van der Waals surface area (Å²) in [6.45, 7) is 7.33. The number of phenols is 1. The van der Waals surface area contributed by atoms with Crippen molar-refractivity contribution in [2.75, 3.05) is 6.54 Å². The van der Waals surface area contributed by atoms with Gasteiger partial charge < -0.3 is 19.9 Å². The number of rotatable bonds is 5. The highest BCUT2D eigenvalue weighted by molar-refractivity contribution is 7.80. The molecule has 2 atom stereocenters. The Bertz CT molecular complexity index is 1010. The molecule has 1 aromatic carbocycles. The number of aryl methyl sites for hydroxylation is 1. The average Bonchev–Trinajstić information content (AvgIpc) is 3.20. The first kappa shape index (κ1) is 19.5. The van der Waals surface area contributed by atoms with Gasteiger partial charge >= 0.3 is 0 Å². The number of hydrogen-bond donors (Lipinski definition) is 2. The second-order valence-electron chi connectivity index (χ2n) is 7.50. The fourth-order valence-electron chi connectivity index (χ4n) is 4.31. The van der Waals surface area contributed by atoms with Gasteiger partial charge in [0.2, 0.25) is 0 Å². The zero-order valence-electron chi connectivity index (χ0n) is 17.0. The summed E-state index contributed by atoms with van der Waals surface area (Å²) < 4.78 is 2.23. The van der Waals surface area contributed by atoms with Gasteiger partial charge in [-0.05, 0) is 80.5 Å². The SMILES string of the molecule is CCCN1C(=S)N[C@H](c2ccccn2)[C@@H]1c1cc(C)n(-c2ccc(O)cc2)c1C. The first-order chi connectivity index (χ1) is 14.0. The summed E-state index contributed by atoms with van der Waals surface area (Å²) in [7, 11) is 0. The Balaban J connectivity index is 1.82. The van der Waals surface area contributed by atoms with Crippen LogP contribution in [0.3, 0.4) is 0 Å². The molecule has 2 aromatic heterocycles. The van der Waals surface area contributed by atoms with Crippen LogP contribution in [0.25, 0.3) is 5.69 Å². The highest BCUT2D eigenvalue weighted by Gasteiger charge is 2.40. The predicted octanol–water partition coefficient (Wildman–Crippen LogP) is 4.58. The fraction of sp³-hybridized carbons (Fsp3) is 0.304. The van der Waals surface area contributed by atoms with E-state index in [1.807, 2.05) is 30.5 Å². The molecular formula is C23H26N4OS. The lowest BCUT2D eigenvalue weighted by Gasteiger charge is -2.27. The van der Waals surface area contributed by atoms with Gasteiger partial charge in [-0.2, -0.15) is 0 Å². The van der Waals surface area contributed by atoms with Crippen LogP contribution in [0.4, 0.5) is 0 Å². The van der Waals surface area contributed by atoms with Crippen molar-refractivity contribution in [1.29, 1.82) is 0 Å². The van der Waals surface area contributed by atoms with E-state index in [0.717, 1.165) is 35.2 Å². The largest absolute Gasteiger partial charge is 0.508 e. The van der Waals surface area contributed by atoms with Gasteiger partial charge in [-0.15, -0.1) is 0 Å². The monoisotopic (exact) mass is 406 g/mol. The quantitative estimate of drug-likeness (QED) is 0.608. The van der Waals surface area contributed by atoms with Gasteiger partial charge in [-0.1, -0.05) is 13.0 Å². The molecule has 2 N–H and O–H groups in total. The number of phenolic OH excluding ortho intramolecular Hbond substituents is 1. The van der Waals surface area contributed by atoms with Crippen LogP contribution in [0.2, 0.25) is 0 Å². The fourth-order valence-corrected chi connectivity index (χ4v) is 4.64. The third-order valence-corrected chi connectivity index (χ3v) is 5.91. The molecule has 0 saturated carbocycles. The number of nitrogens with zero attached hydrogens (tertiary/aromatic N) is 3. The van der Waals surface area contributed by atoms with Crippen LogP contribution in [0.1, 0.15) is 48.1 Å². The van der Waals surface area contributed by atoms with Crippen molar-refractivity contribution in [2.24, 2.45) is 0 Å². The van der Waals surface area contributed by atoms with Crippen LogP contribution in [-0.4, -0.2) is 31.2 Å². The molecule has 0 amide bonds. The van der Waals surface area contributed by atoms with E-state index in [9.17, 15) is 5.11 Å². The standard InChI is InChI=1S/C23H26N4OS/c1-4-13-26-22(21(25-23(26)29)20-7-5-6-12-24-20)19-14-15(2)27(16(19)3)17-8-10-18(28)11-9-17/h5-12,14,21-22,28H,4,13H2,1-3H3,(H,25,29)/t21-,22+/m1/s1. The molecule has 4 rings (SSSR count). The Morgan fingerprint density at radius 1 is 1.14 bits per heavy atom. The Hall–Kier alpha value is -2.86. The summed E-state index contributed by atoms with van der Waals surface area (Å²) in [4.78, 5) is 6.90. The number of hydrogen-bond acceptors (Lipinski definition) is 3. The van der Waals surface area contributed by atoms with Crippen LogP contribution in [0, 0.1) is 13.8 Å². The lowest BCUT2D eigenvalue weighted by atomic mass is 9.96. The van der Waals surface area contributed by atoms with Gasteiger partial charge in [-0.3, -0.25) is 4.98 Å². The van der Waals surface area contributed by atoms with Crippen LogP contribution in [0.15, 0.2) is 54.7 Å². The molecule has 1 fully saturated rings. The lowest BCUT2D eigenvalue weighted by molar-refractivity contribution is 0.316. The summed E-state index contributed by atoms with van der Waals surface area (Å²) in [5.74, 6) is 0.270. The highest BCUT2D eigenvalue weighted by atomic mass is 32.1. The first-order valence-electron chi connectivity index (χ1n) is 9.97. The number of aromatic hydroxyl groups is 1. The molecular weight excluding hydrogens is 380 g/mol. The van der Waals surface area contributed by atoms with E-state index in [2.05, 4.69) is 52.7 Å². The van der Waals surface area contributed by atoms with Gasteiger partial charge in [-0.25, -0.2) is 0 Å². The zero-order valence-corrected chi connectivity index (χ0v) is 17.8. The molecule has 6 heteroatoms. The maximum absolute atomic E-state index is 9.66. The normalized spacial score (nSPS) is 18.9. The molecule has 3 aromatic rings. The van der Waals surface area contributed by atoms with Crippen molar-refractivity contribution in [2.45, 2.75) is 39.3 Å². The van der Waals surface area contributed by atoms with E-state index in [-0.39, 0.29) is 17.8 Å². The molecule has 0 unspecified atom stereocenters. The van der Waals surface area contributed by atoms with E-state index in [0.29, 0.717) is 0 Å². The predicted molar refractivity (Wildman–Crippen MR) is 119 cm³/mol. The number of thiocarbonyl (C=S) groups is 1. The van der Waals surface area contributed by atoms with Gasteiger partial charge in [0.1, 0.15) is 5.75 Å². The van der Waals surface area contributed by atoms with E-state index in [1.165, 1.54) is 11.3 Å². The first-order valence-corrected chi connectivity index (χ1v) is 10.4. The van der Waals surface area contributed by atoms with Crippen LogP contribution < -0.4 is 5.32 Å². The van der Waals surface area contributed by atoms with Gasteiger partial charge in [0.25, 0.3) is 0 Å². The Morgan fingerprint density at radius 3 is 2.55 bits per heavy atom. The Labute approximate surface area is 177 Å². The van der Waals surface area contributed by atoms with Crippen molar-refractivity contribution >= 4 is 17.3 Å². The van der Waals surface area contributed by atoms with Crippen molar-refractivity contribution < 1.29 is 5.11 Å². The number of pyridine rings is 1. The zero-order chi connectivity index (χ0) is 20.5. The second-order valence-corrected chi connectivity index (χ2v) is 7.88. The molecule has 1 saturated heterocycles. The lowest BCUT2D eigenvalue weighted by Crippen LogP contribution is -2.30. The van der Waals surface area contributed by atoms with E-state index in [4.69, 9.17) is 12.2 Å². The molecule has 0 aliphatic carbocycles. The van der Waals surface area contributed by atoms with Gasteiger partial charge in [0.15, 0.2) is 5.11 Å². The van der Waals surface area contributed by atoms with Crippen LogP contribution in [-0.2, 0) is 0 Å². The van der Waals surface area contributed by atoms with Gasteiger partial charge in [0, 0.05) is 29.8 Å². The van der Waals surface area contributed by atoms with Crippen molar-refractivity contribution in [3.05, 3.63) is 77.4 Å². The molecule has 0 bridgehead atoms. The van der Waals surface area contributed by atoms with Gasteiger partial charge in [0.05, 0.1) is 17.8 Å². The number of benzene rings is 1. The van der Waals surface area contributed by atoms with E-state index in [1.54, 1.807) is 12.1 Å². The van der Waals surface area contributed by atoms with Crippen molar-refractivity contribution in [3.8, 4) is 11.4 Å². The minimum Gasteiger partial charge on any atom is -0.508 e. The second kappa shape index (κ2) is 7.87. The molecule has 3 heterocycles. The summed E-state index contributed by atoms with van der Waals surface area (Å²) in [5, 5.41) is 13.9. The molecule has 1 aliphatic heterocycles. The minimum atomic E-state index is 0.00372.